The van der Waals surface area contributed by atoms with Crippen molar-refractivity contribution in [1.82, 2.24) is 14.1 Å². The molecule has 0 radical (unpaired) electrons. The maximum atomic E-state index is 13.6. The number of anilines is 2. The Bertz CT molecular complexity index is 1550. The Morgan fingerprint density at radius 2 is 1.66 bits per heavy atom. The molecule has 2 heterocycles. The SMILES string of the molecule is CC1(COc2c(N3CCN([S+]([O-])Cc4ccc(N)c(-c5ccccc5)c4)CC3)cnn(-c3ccccc3)c2=O)CC1. The van der Waals surface area contributed by atoms with Crippen molar-refractivity contribution in [3.63, 3.8) is 0 Å². The van der Waals surface area contributed by atoms with Crippen LogP contribution < -0.4 is 20.9 Å². The third-order valence-electron chi connectivity index (χ3n) is 7.94. The predicted molar refractivity (Wildman–Crippen MR) is 165 cm³/mol. The Morgan fingerprint density at radius 3 is 2.34 bits per heavy atom. The van der Waals surface area contributed by atoms with Crippen LogP contribution in [-0.4, -0.2) is 51.4 Å². The number of nitrogens with two attached hydrogens (primary N) is 1. The highest BCUT2D eigenvalue weighted by Crippen LogP contribution is 2.45. The largest absolute Gasteiger partial charge is 0.598 e. The van der Waals surface area contributed by atoms with E-state index >= 15 is 0 Å². The minimum atomic E-state index is -1.19. The monoisotopic (exact) mass is 569 g/mol. The highest BCUT2D eigenvalue weighted by molar-refractivity contribution is 7.88. The number of ether oxygens (including phenoxy) is 1. The molecule has 1 aliphatic carbocycles. The van der Waals surface area contributed by atoms with Crippen molar-refractivity contribution in [2.75, 3.05) is 43.4 Å². The molecule has 3 aromatic carbocycles. The van der Waals surface area contributed by atoms with Gasteiger partial charge < -0.3 is 19.9 Å². The normalized spacial score (nSPS) is 17.3. The van der Waals surface area contributed by atoms with Gasteiger partial charge in [-0.05, 0) is 42.7 Å². The zero-order valence-electron chi connectivity index (χ0n) is 23.2. The molecular formula is C32H35N5O3S. The third kappa shape index (κ3) is 6.12. The molecule has 8 nitrogen and oxygen atoms in total. The second-order valence-corrected chi connectivity index (χ2v) is 12.6. The summed E-state index contributed by atoms with van der Waals surface area (Å²) in [7, 11) is 0. The van der Waals surface area contributed by atoms with Crippen LogP contribution in [0.15, 0.2) is 89.9 Å². The second kappa shape index (κ2) is 11.6. The van der Waals surface area contributed by atoms with Crippen LogP contribution in [0.4, 0.5) is 11.4 Å². The topological polar surface area (TPSA) is 99.7 Å². The Kier molecular flexibility index (Phi) is 7.75. The zero-order valence-corrected chi connectivity index (χ0v) is 24.1. The van der Waals surface area contributed by atoms with Gasteiger partial charge in [-0.3, -0.25) is 4.79 Å². The van der Waals surface area contributed by atoms with E-state index in [1.54, 1.807) is 6.20 Å². The fourth-order valence-corrected chi connectivity index (χ4v) is 6.29. The molecule has 1 aromatic heterocycles. The molecule has 9 heteroatoms. The van der Waals surface area contributed by atoms with Gasteiger partial charge in [0.1, 0.15) is 5.69 Å². The number of benzene rings is 3. The standard InChI is InChI=1S/C32H35N5O3S/c1-32(14-15-32)23-40-30-29(21-34-37(31(30)38)26-10-6-3-7-11-26)35-16-18-36(19-17-35)41(39)22-24-12-13-28(33)27(20-24)25-8-4-2-5-9-25/h2-13,20-21H,14-19,22-23,33H2,1H3. The lowest BCUT2D eigenvalue weighted by Crippen LogP contribution is -2.49. The van der Waals surface area contributed by atoms with Gasteiger partial charge in [-0.2, -0.15) is 9.78 Å². The Balaban J connectivity index is 1.16. The molecule has 1 atom stereocenters. The van der Waals surface area contributed by atoms with E-state index in [0.717, 1.165) is 29.5 Å². The molecule has 1 unspecified atom stereocenters. The van der Waals surface area contributed by atoms with Crippen LogP contribution in [0, 0.1) is 5.41 Å². The molecule has 0 spiro atoms. The minimum Gasteiger partial charge on any atom is -0.598 e. The van der Waals surface area contributed by atoms with Crippen LogP contribution in [0.3, 0.4) is 0 Å². The first-order valence-electron chi connectivity index (χ1n) is 14.0. The van der Waals surface area contributed by atoms with E-state index in [9.17, 15) is 9.35 Å². The molecule has 0 bridgehead atoms. The van der Waals surface area contributed by atoms with E-state index in [0.29, 0.717) is 61.4 Å². The number of nitrogens with zero attached hydrogens (tertiary/aromatic N) is 4. The Labute approximate surface area is 243 Å². The summed E-state index contributed by atoms with van der Waals surface area (Å²) >= 11 is -1.19. The average Bonchev–Trinajstić information content (AvgIpc) is 3.75. The molecular weight excluding hydrogens is 534 g/mol. The number of hydrogen-bond donors (Lipinski definition) is 1. The highest BCUT2D eigenvalue weighted by atomic mass is 32.2. The van der Waals surface area contributed by atoms with Crippen molar-refractivity contribution in [1.29, 1.82) is 0 Å². The van der Waals surface area contributed by atoms with Crippen LogP contribution >= 0.6 is 0 Å². The van der Waals surface area contributed by atoms with Gasteiger partial charge in [0.15, 0.2) is 5.75 Å². The second-order valence-electron chi connectivity index (χ2n) is 11.2. The summed E-state index contributed by atoms with van der Waals surface area (Å²) < 4.78 is 23.0. The summed E-state index contributed by atoms with van der Waals surface area (Å²) in [4.78, 5) is 15.7. The molecule has 41 heavy (non-hydrogen) atoms. The lowest BCUT2D eigenvalue weighted by atomic mass is 10.0. The van der Waals surface area contributed by atoms with Crippen molar-refractivity contribution in [3.8, 4) is 22.6 Å². The molecule has 1 saturated carbocycles. The van der Waals surface area contributed by atoms with Gasteiger partial charge in [0.05, 0.1) is 31.6 Å². The van der Waals surface area contributed by atoms with Crippen LogP contribution in [-0.2, 0) is 17.1 Å². The van der Waals surface area contributed by atoms with E-state index in [-0.39, 0.29) is 11.0 Å². The van der Waals surface area contributed by atoms with Crippen molar-refractivity contribution in [2.45, 2.75) is 25.5 Å². The fraction of sp³-hybridized carbons (Fsp3) is 0.312. The highest BCUT2D eigenvalue weighted by Gasteiger charge is 2.39. The molecule has 2 fully saturated rings. The Hall–Kier alpha value is -3.79. The van der Waals surface area contributed by atoms with Crippen molar-refractivity contribution in [2.24, 2.45) is 5.41 Å². The van der Waals surface area contributed by atoms with E-state index in [1.807, 2.05) is 83.2 Å². The van der Waals surface area contributed by atoms with Crippen LogP contribution in [0.2, 0.25) is 0 Å². The summed E-state index contributed by atoms with van der Waals surface area (Å²) in [6.07, 6.45) is 3.93. The molecule has 6 rings (SSSR count). The number of piperazine rings is 1. The summed E-state index contributed by atoms with van der Waals surface area (Å²) in [5, 5.41) is 4.49. The molecule has 2 aliphatic rings. The number of hydrogen-bond acceptors (Lipinski definition) is 7. The van der Waals surface area contributed by atoms with Crippen molar-refractivity contribution < 1.29 is 9.29 Å². The van der Waals surface area contributed by atoms with Gasteiger partial charge >= 0.3 is 5.56 Å². The van der Waals surface area contributed by atoms with Gasteiger partial charge in [-0.1, -0.05) is 61.5 Å². The first kappa shape index (κ1) is 27.4. The molecule has 4 aromatic rings. The van der Waals surface area contributed by atoms with Gasteiger partial charge in [-0.15, -0.1) is 4.31 Å². The number of rotatable bonds is 9. The first-order chi connectivity index (χ1) is 19.9. The molecule has 0 amide bonds. The van der Waals surface area contributed by atoms with E-state index in [4.69, 9.17) is 10.5 Å². The maximum absolute atomic E-state index is 13.6. The Morgan fingerprint density at radius 1 is 0.976 bits per heavy atom. The van der Waals surface area contributed by atoms with Gasteiger partial charge in [0, 0.05) is 46.7 Å². The van der Waals surface area contributed by atoms with E-state index in [1.165, 1.54) is 4.68 Å². The average molecular weight is 570 g/mol. The van der Waals surface area contributed by atoms with Crippen LogP contribution in [0.1, 0.15) is 25.3 Å². The number of aromatic nitrogens is 2. The van der Waals surface area contributed by atoms with Gasteiger partial charge in [-0.25, -0.2) is 0 Å². The smallest absolute Gasteiger partial charge is 0.316 e. The van der Waals surface area contributed by atoms with Gasteiger partial charge in [0.2, 0.25) is 5.75 Å². The minimum absolute atomic E-state index is 0.128. The summed E-state index contributed by atoms with van der Waals surface area (Å²) in [6.45, 7) is 5.13. The summed E-state index contributed by atoms with van der Waals surface area (Å²) in [5.74, 6) is 0.753. The number of para-hydroxylation sites is 1. The van der Waals surface area contributed by atoms with Gasteiger partial charge in [0.25, 0.3) is 0 Å². The molecule has 1 aliphatic heterocycles. The lowest BCUT2D eigenvalue weighted by Gasteiger charge is -2.36. The fourth-order valence-electron chi connectivity index (χ4n) is 5.07. The summed E-state index contributed by atoms with van der Waals surface area (Å²) in [5.41, 5.74) is 11.2. The van der Waals surface area contributed by atoms with E-state index in [2.05, 4.69) is 16.9 Å². The maximum Gasteiger partial charge on any atom is 0.316 e. The molecule has 1 saturated heterocycles. The zero-order chi connectivity index (χ0) is 28.4. The third-order valence-corrected chi connectivity index (χ3v) is 9.47. The lowest BCUT2D eigenvalue weighted by molar-refractivity contribution is 0.242. The first-order valence-corrected chi connectivity index (χ1v) is 15.3. The quantitative estimate of drug-likeness (QED) is 0.231. The predicted octanol–water partition coefficient (Wildman–Crippen LogP) is 4.65. The summed E-state index contributed by atoms with van der Waals surface area (Å²) in [6, 6.07) is 25.3. The van der Waals surface area contributed by atoms with Crippen LogP contribution in [0.5, 0.6) is 5.75 Å². The van der Waals surface area contributed by atoms with E-state index < -0.39 is 11.4 Å². The van der Waals surface area contributed by atoms with Crippen LogP contribution in [0.25, 0.3) is 16.8 Å². The molecule has 2 N–H and O–H groups in total. The van der Waals surface area contributed by atoms with Crippen molar-refractivity contribution >= 4 is 22.7 Å². The number of nitrogen functional groups attached to an aromatic ring is 1. The molecule has 212 valence electrons. The van der Waals surface area contributed by atoms with Crippen molar-refractivity contribution in [3.05, 3.63) is 101 Å².